The monoisotopic (exact) mass is 394 g/mol. The van der Waals surface area contributed by atoms with Gasteiger partial charge in [-0.25, -0.2) is 4.98 Å². The Kier molecular flexibility index (Phi) is 5.19. The molecule has 1 aliphatic carbocycles. The molecule has 2 aromatic heterocycles. The summed E-state index contributed by atoms with van der Waals surface area (Å²) >= 11 is 17.2. The van der Waals surface area contributed by atoms with E-state index >= 15 is 0 Å². The summed E-state index contributed by atoms with van der Waals surface area (Å²) in [4.78, 5) is 3.95. The lowest BCUT2D eigenvalue weighted by atomic mass is 9.71. The molecule has 0 bridgehead atoms. The summed E-state index contributed by atoms with van der Waals surface area (Å²) in [6.07, 6.45) is 0.524. The number of hydrogen-bond acceptors (Lipinski definition) is 4. The minimum absolute atomic E-state index is 0.0622. The zero-order valence-corrected chi connectivity index (χ0v) is 14.9. The van der Waals surface area contributed by atoms with E-state index in [-0.39, 0.29) is 22.1 Å². The zero-order chi connectivity index (χ0) is 17.4. The second-order valence-electron chi connectivity index (χ2n) is 5.72. The van der Waals surface area contributed by atoms with E-state index in [1.54, 1.807) is 23.7 Å². The number of rotatable bonds is 5. The van der Waals surface area contributed by atoms with Gasteiger partial charge >= 0.3 is 6.61 Å². The van der Waals surface area contributed by atoms with Crippen molar-refractivity contribution in [2.24, 2.45) is 13.0 Å². The van der Waals surface area contributed by atoms with Crippen molar-refractivity contribution in [1.82, 2.24) is 19.7 Å². The summed E-state index contributed by atoms with van der Waals surface area (Å²) in [6, 6.07) is 3.41. The number of aromatic amines is 1. The number of nitrogens with one attached hydrogen (secondary N) is 1. The van der Waals surface area contributed by atoms with E-state index < -0.39 is 12.7 Å². The van der Waals surface area contributed by atoms with Crippen LogP contribution < -0.4 is 0 Å². The number of aromatic nitrogens is 4. The van der Waals surface area contributed by atoms with Crippen molar-refractivity contribution in [1.29, 1.82) is 0 Å². The molecule has 0 aromatic carbocycles. The van der Waals surface area contributed by atoms with Crippen molar-refractivity contribution in [2.45, 2.75) is 31.5 Å². The van der Waals surface area contributed by atoms with Crippen molar-refractivity contribution < 1.29 is 13.5 Å². The minimum atomic E-state index is -2.76. The molecule has 1 fully saturated rings. The smallest absolute Gasteiger partial charge is 0.320 e. The Balaban J connectivity index is 1.94. The molecule has 2 aromatic rings. The van der Waals surface area contributed by atoms with E-state index in [1.165, 1.54) is 0 Å². The van der Waals surface area contributed by atoms with Gasteiger partial charge in [0.05, 0.1) is 6.10 Å². The maximum absolute atomic E-state index is 12.4. The van der Waals surface area contributed by atoms with Gasteiger partial charge in [-0.05, 0) is 48.7 Å². The Morgan fingerprint density at radius 3 is 2.46 bits per heavy atom. The molecule has 0 radical (unpaired) electrons. The topological polar surface area (TPSA) is 55.7 Å². The Hall–Kier alpha value is -1.09. The second-order valence-corrected chi connectivity index (χ2v) is 6.88. The highest BCUT2D eigenvalue weighted by Gasteiger charge is 2.40. The van der Waals surface area contributed by atoms with Crippen LogP contribution in [0.15, 0.2) is 12.1 Å². The first-order chi connectivity index (χ1) is 11.3. The SMILES string of the molecule is Cn1c(C(c2cc(Cl)nc(Cl)c2)C2CC(OC(F)F)C2)n[nH]c1=S. The third kappa shape index (κ3) is 3.61. The Bertz CT molecular complexity index is 771. The predicted octanol–water partition coefficient (Wildman–Crippen LogP) is 4.33. The van der Waals surface area contributed by atoms with Crippen molar-refractivity contribution in [3.8, 4) is 0 Å². The summed E-state index contributed by atoms with van der Waals surface area (Å²) in [7, 11) is 1.80. The molecule has 1 N–H and O–H groups in total. The lowest BCUT2D eigenvalue weighted by Gasteiger charge is -2.39. The first kappa shape index (κ1) is 17.7. The molecule has 0 spiro atoms. The average Bonchev–Trinajstić information content (AvgIpc) is 2.76. The van der Waals surface area contributed by atoms with Gasteiger partial charge in [0.25, 0.3) is 0 Å². The fourth-order valence-corrected chi connectivity index (χ4v) is 3.68. The van der Waals surface area contributed by atoms with Crippen LogP contribution in [0.4, 0.5) is 8.78 Å². The van der Waals surface area contributed by atoms with Crippen molar-refractivity contribution in [3.63, 3.8) is 0 Å². The van der Waals surface area contributed by atoms with Crippen LogP contribution >= 0.6 is 35.4 Å². The third-order valence-corrected chi connectivity index (χ3v) is 4.99. The Morgan fingerprint density at radius 1 is 1.33 bits per heavy atom. The van der Waals surface area contributed by atoms with Crippen molar-refractivity contribution in [2.75, 3.05) is 0 Å². The second kappa shape index (κ2) is 7.03. The molecule has 0 amide bonds. The molecule has 3 rings (SSSR count). The molecule has 10 heteroatoms. The molecule has 1 saturated carbocycles. The molecule has 130 valence electrons. The van der Waals surface area contributed by atoms with Gasteiger partial charge in [-0.3, -0.25) is 5.10 Å². The van der Waals surface area contributed by atoms with Gasteiger partial charge in [0.15, 0.2) is 4.77 Å². The first-order valence-corrected chi connectivity index (χ1v) is 8.39. The number of pyridine rings is 1. The maximum atomic E-state index is 12.4. The number of halogens is 4. The number of alkyl halides is 2. The van der Waals surface area contributed by atoms with Crippen LogP contribution in [-0.4, -0.2) is 32.5 Å². The molecule has 2 heterocycles. The highest BCUT2D eigenvalue weighted by Crippen LogP contribution is 2.45. The summed E-state index contributed by atoms with van der Waals surface area (Å²) < 4.78 is 31.5. The Labute approximate surface area is 151 Å². The van der Waals surface area contributed by atoms with E-state index in [2.05, 4.69) is 19.9 Å². The highest BCUT2D eigenvalue weighted by molar-refractivity contribution is 7.71. The van der Waals surface area contributed by atoms with Crippen LogP contribution in [0.3, 0.4) is 0 Å². The number of ether oxygens (including phenoxy) is 1. The predicted molar refractivity (Wildman–Crippen MR) is 88.1 cm³/mol. The van der Waals surface area contributed by atoms with E-state index in [0.29, 0.717) is 23.4 Å². The zero-order valence-electron chi connectivity index (χ0n) is 12.5. The van der Waals surface area contributed by atoms with Gasteiger partial charge < -0.3 is 9.30 Å². The van der Waals surface area contributed by atoms with Gasteiger partial charge in [-0.2, -0.15) is 13.9 Å². The summed E-state index contributed by atoms with van der Waals surface area (Å²) in [5, 5.41) is 7.56. The van der Waals surface area contributed by atoms with Gasteiger partial charge in [-0.15, -0.1) is 0 Å². The van der Waals surface area contributed by atoms with Gasteiger partial charge in [-0.1, -0.05) is 23.2 Å². The van der Waals surface area contributed by atoms with E-state index in [1.807, 2.05) is 0 Å². The molecular weight excluding hydrogens is 381 g/mol. The number of nitrogens with zero attached hydrogens (tertiary/aromatic N) is 3. The molecule has 1 unspecified atom stereocenters. The maximum Gasteiger partial charge on any atom is 0.345 e. The van der Waals surface area contributed by atoms with E-state index in [4.69, 9.17) is 35.4 Å². The lowest BCUT2D eigenvalue weighted by molar-refractivity contribution is -0.192. The normalized spacial score (nSPS) is 21.8. The van der Waals surface area contributed by atoms with Crippen LogP contribution in [0.1, 0.15) is 30.1 Å². The van der Waals surface area contributed by atoms with E-state index in [9.17, 15) is 8.78 Å². The number of H-pyrrole nitrogens is 1. The summed E-state index contributed by atoms with van der Waals surface area (Å²) in [5.41, 5.74) is 0.817. The van der Waals surface area contributed by atoms with Crippen LogP contribution in [0, 0.1) is 10.7 Å². The number of hydrogen-bond donors (Lipinski definition) is 1. The molecule has 1 aliphatic rings. The van der Waals surface area contributed by atoms with Crippen LogP contribution in [0.25, 0.3) is 0 Å². The quantitative estimate of drug-likeness (QED) is 0.605. The van der Waals surface area contributed by atoms with Crippen LogP contribution in [0.2, 0.25) is 10.3 Å². The summed E-state index contributed by atoms with van der Waals surface area (Å²) in [5.74, 6) is 0.560. The molecule has 0 saturated heterocycles. The molecule has 24 heavy (non-hydrogen) atoms. The lowest BCUT2D eigenvalue weighted by Crippen LogP contribution is -2.37. The molecule has 1 atom stereocenters. The standard InChI is InChI=1S/C14H14Cl2F2N4OS/c1-22-12(20-21-14(22)24)11(6-2-8(3-6)23-13(17)18)7-4-9(15)19-10(16)5-7/h4-6,8,11,13H,2-3H2,1H3,(H,21,24). The Morgan fingerprint density at radius 2 is 1.96 bits per heavy atom. The van der Waals surface area contributed by atoms with Crippen LogP contribution in [-0.2, 0) is 11.8 Å². The minimum Gasteiger partial charge on any atom is -0.320 e. The fourth-order valence-electron chi connectivity index (χ4n) is 3.07. The fraction of sp³-hybridized carbons (Fsp3) is 0.500. The first-order valence-electron chi connectivity index (χ1n) is 7.23. The molecule has 5 nitrogen and oxygen atoms in total. The molecule has 0 aliphatic heterocycles. The average molecular weight is 395 g/mol. The molecular formula is C14H14Cl2F2N4OS. The van der Waals surface area contributed by atoms with Crippen molar-refractivity contribution >= 4 is 35.4 Å². The van der Waals surface area contributed by atoms with Crippen molar-refractivity contribution in [3.05, 3.63) is 38.6 Å². The highest BCUT2D eigenvalue weighted by atomic mass is 35.5. The van der Waals surface area contributed by atoms with Gasteiger partial charge in [0.1, 0.15) is 16.1 Å². The van der Waals surface area contributed by atoms with Gasteiger partial charge in [0.2, 0.25) is 0 Å². The summed E-state index contributed by atoms with van der Waals surface area (Å²) in [6.45, 7) is -2.76. The van der Waals surface area contributed by atoms with Gasteiger partial charge in [0, 0.05) is 13.0 Å². The third-order valence-electron chi connectivity index (χ3n) is 4.23. The largest absolute Gasteiger partial charge is 0.345 e. The van der Waals surface area contributed by atoms with E-state index in [0.717, 1.165) is 5.56 Å². The van der Waals surface area contributed by atoms with Crippen LogP contribution in [0.5, 0.6) is 0 Å².